The molecule has 1 aliphatic carbocycles. The van der Waals surface area contributed by atoms with Gasteiger partial charge in [0.2, 0.25) is 11.8 Å². The van der Waals surface area contributed by atoms with Crippen LogP contribution in [0.4, 0.5) is 19.0 Å². The lowest BCUT2D eigenvalue weighted by Crippen LogP contribution is -2.60. The molecule has 45 heavy (non-hydrogen) atoms. The molecule has 9 nitrogen and oxygen atoms in total. The number of hydrogen-bond donors (Lipinski definition) is 3. The van der Waals surface area contributed by atoms with E-state index in [1.165, 1.54) is 0 Å². The Hall–Kier alpha value is -4.74. The van der Waals surface area contributed by atoms with Gasteiger partial charge in [0.05, 0.1) is 12.5 Å². The summed E-state index contributed by atoms with van der Waals surface area (Å²) in [5, 5.41) is 8.81. The molecule has 0 radical (unpaired) electrons. The molecule has 1 aromatic heterocycles. The largest absolute Gasteiger partial charge is 0.491 e. The van der Waals surface area contributed by atoms with Crippen molar-refractivity contribution in [3.8, 4) is 11.1 Å². The van der Waals surface area contributed by atoms with Gasteiger partial charge in [-0.05, 0) is 48.1 Å². The lowest BCUT2D eigenvalue weighted by molar-refractivity contribution is -0.202. The van der Waals surface area contributed by atoms with Gasteiger partial charge in [0.15, 0.2) is 0 Å². The standard InChI is InChI=1S/C33H35F3N4O5/c34-33(35,36)31(44)45-29(42)22-26(25-16-14-24(15-17-25)23-10-3-1-4-11-23)39-30(43)32(18-6-2-7-19-32)40-28(41)13-9-21-38-27-12-5-8-20-37-27/h1,3-5,8,10-12,14-17,20,26H,2,6-7,9,13,18-19,21-22H2,(H,37,38)(H,39,43)(H,40,41). The quantitative estimate of drug-likeness (QED) is 0.135. The second-order valence-corrected chi connectivity index (χ2v) is 10.9. The van der Waals surface area contributed by atoms with Crippen LogP contribution in [0.25, 0.3) is 11.1 Å². The average Bonchev–Trinajstić information content (AvgIpc) is 3.03. The van der Waals surface area contributed by atoms with Gasteiger partial charge in [-0.2, -0.15) is 13.2 Å². The highest BCUT2D eigenvalue weighted by Gasteiger charge is 2.44. The molecule has 2 aromatic carbocycles. The summed E-state index contributed by atoms with van der Waals surface area (Å²) in [4.78, 5) is 54.8. The predicted octanol–water partition coefficient (Wildman–Crippen LogP) is 5.64. The number of halogens is 3. The maximum atomic E-state index is 13.9. The van der Waals surface area contributed by atoms with Crippen LogP contribution in [-0.4, -0.2) is 47.0 Å². The minimum atomic E-state index is -5.35. The molecule has 1 fully saturated rings. The maximum Gasteiger partial charge on any atom is 0.491 e. The summed E-state index contributed by atoms with van der Waals surface area (Å²) in [6.45, 7) is 0.490. The van der Waals surface area contributed by atoms with E-state index in [2.05, 4.69) is 25.7 Å². The second kappa shape index (κ2) is 15.3. The first kappa shape index (κ1) is 33.2. The Labute approximate surface area is 259 Å². The van der Waals surface area contributed by atoms with Crippen LogP contribution in [-0.2, 0) is 23.9 Å². The molecular formula is C33H35F3N4O5. The molecule has 3 aromatic rings. The predicted molar refractivity (Wildman–Crippen MR) is 160 cm³/mol. The number of hydrogen-bond acceptors (Lipinski definition) is 7. The average molecular weight is 625 g/mol. The zero-order valence-electron chi connectivity index (χ0n) is 24.6. The summed E-state index contributed by atoms with van der Waals surface area (Å²) < 4.78 is 42.3. The Bertz CT molecular complexity index is 1440. The number of carbonyl (C=O) groups excluding carboxylic acids is 4. The number of pyridine rings is 1. The molecule has 0 spiro atoms. The van der Waals surface area contributed by atoms with Crippen LogP contribution in [0.3, 0.4) is 0 Å². The molecule has 2 amide bonds. The number of benzene rings is 2. The molecule has 0 saturated heterocycles. The minimum absolute atomic E-state index is 0.144. The third-order valence-electron chi connectivity index (χ3n) is 7.61. The van der Waals surface area contributed by atoms with E-state index in [0.717, 1.165) is 17.5 Å². The fourth-order valence-electron chi connectivity index (χ4n) is 5.28. The molecule has 1 saturated carbocycles. The molecule has 0 aliphatic heterocycles. The van der Waals surface area contributed by atoms with Gasteiger partial charge >= 0.3 is 18.1 Å². The third-order valence-corrected chi connectivity index (χ3v) is 7.61. The fourth-order valence-corrected chi connectivity index (χ4v) is 5.28. The molecule has 1 heterocycles. The maximum absolute atomic E-state index is 13.9. The van der Waals surface area contributed by atoms with E-state index in [0.29, 0.717) is 50.0 Å². The van der Waals surface area contributed by atoms with E-state index in [4.69, 9.17) is 0 Å². The Morgan fingerprint density at radius 3 is 2.18 bits per heavy atom. The third kappa shape index (κ3) is 9.62. The van der Waals surface area contributed by atoms with Gasteiger partial charge in [0.25, 0.3) is 0 Å². The van der Waals surface area contributed by atoms with E-state index < -0.39 is 42.0 Å². The van der Waals surface area contributed by atoms with Crippen LogP contribution in [0.1, 0.15) is 63.0 Å². The zero-order valence-corrected chi connectivity index (χ0v) is 24.6. The zero-order chi connectivity index (χ0) is 32.3. The number of carbonyl (C=O) groups is 4. The highest BCUT2D eigenvalue weighted by molar-refractivity contribution is 5.93. The van der Waals surface area contributed by atoms with Gasteiger partial charge in [-0.1, -0.05) is 79.9 Å². The number of rotatable bonds is 12. The topological polar surface area (TPSA) is 126 Å². The van der Waals surface area contributed by atoms with Gasteiger partial charge in [-0.15, -0.1) is 0 Å². The number of nitrogens with zero attached hydrogens (tertiary/aromatic N) is 1. The number of alkyl halides is 3. The Kier molecular flexibility index (Phi) is 11.3. The van der Waals surface area contributed by atoms with Crippen molar-refractivity contribution in [2.75, 3.05) is 11.9 Å². The van der Waals surface area contributed by atoms with Crippen molar-refractivity contribution >= 4 is 29.6 Å². The van der Waals surface area contributed by atoms with Gasteiger partial charge in [-0.25, -0.2) is 9.78 Å². The number of amides is 2. The van der Waals surface area contributed by atoms with Crippen molar-refractivity contribution in [2.24, 2.45) is 0 Å². The first-order valence-electron chi connectivity index (χ1n) is 14.8. The number of anilines is 1. The second-order valence-electron chi connectivity index (χ2n) is 10.9. The fraction of sp³-hybridized carbons (Fsp3) is 0.364. The summed E-state index contributed by atoms with van der Waals surface area (Å²) >= 11 is 0. The molecular weight excluding hydrogens is 589 g/mol. The van der Waals surface area contributed by atoms with Gasteiger partial charge in [0.1, 0.15) is 11.4 Å². The van der Waals surface area contributed by atoms with Crippen molar-refractivity contribution in [3.63, 3.8) is 0 Å². The summed E-state index contributed by atoms with van der Waals surface area (Å²) in [6, 6.07) is 20.5. The number of nitrogens with one attached hydrogen (secondary N) is 3. The minimum Gasteiger partial charge on any atom is -0.386 e. The van der Waals surface area contributed by atoms with E-state index in [1.807, 2.05) is 42.5 Å². The van der Waals surface area contributed by atoms with E-state index in [-0.39, 0.29) is 12.3 Å². The van der Waals surface area contributed by atoms with Crippen LogP contribution in [0.2, 0.25) is 0 Å². The summed E-state index contributed by atoms with van der Waals surface area (Å²) in [5.41, 5.74) is 0.904. The molecule has 1 unspecified atom stereocenters. The summed E-state index contributed by atoms with van der Waals surface area (Å²) in [6.07, 6.45) is -0.881. The highest BCUT2D eigenvalue weighted by Crippen LogP contribution is 2.31. The number of ether oxygens (including phenoxy) is 1. The van der Waals surface area contributed by atoms with Gasteiger partial charge < -0.3 is 20.7 Å². The molecule has 1 aliphatic rings. The van der Waals surface area contributed by atoms with Crippen molar-refractivity contribution in [3.05, 3.63) is 84.6 Å². The summed E-state index contributed by atoms with van der Waals surface area (Å²) in [5.74, 6) is -4.29. The Morgan fingerprint density at radius 2 is 1.53 bits per heavy atom. The molecule has 12 heteroatoms. The monoisotopic (exact) mass is 624 g/mol. The van der Waals surface area contributed by atoms with Crippen LogP contribution in [0.5, 0.6) is 0 Å². The molecule has 0 bridgehead atoms. The Balaban J connectivity index is 1.48. The SMILES string of the molecule is O=C(CCCNc1ccccn1)NC1(C(=O)NC(CC(=O)OC(=O)C(F)(F)F)c2ccc(-c3ccccc3)cc2)CCCCC1. The van der Waals surface area contributed by atoms with Crippen LogP contribution < -0.4 is 16.0 Å². The first-order chi connectivity index (χ1) is 21.6. The van der Waals surface area contributed by atoms with Gasteiger partial charge in [-0.3, -0.25) is 14.4 Å². The first-order valence-corrected chi connectivity index (χ1v) is 14.8. The summed E-state index contributed by atoms with van der Waals surface area (Å²) in [7, 11) is 0. The van der Waals surface area contributed by atoms with Crippen LogP contribution >= 0.6 is 0 Å². The van der Waals surface area contributed by atoms with E-state index in [9.17, 15) is 32.3 Å². The van der Waals surface area contributed by atoms with E-state index in [1.54, 1.807) is 36.5 Å². The van der Waals surface area contributed by atoms with Crippen molar-refractivity contribution in [1.82, 2.24) is 15.6 Å². The molecule has 3 N–H and O–H groups in total. The molecule has 238 valence electrons. The lowest BCUT2D eigenvalue weighted by Gasteiger charge is -2.38. The van der Waals surface area contributed by atoms with E-state index >= 15 is 0 Å². The van der Waals surface area contributed by atoms with Crippen LogP contribution in [0, 0.1) is 0 Å². The number of aromatic nitrogens is 1. The Morgan fingerprint density at radius 1 is 0.867 bits per heavy atom. The van der Waals surface area contributed by atoms with Crippen molar-refractivity contribution in [2.45, 2.75) is 69.1 Å². The van der Waals surface area contributed by atoms with Crippen LogP contribution in [0.15, 0.2) is 79.0 Å². The normalized spacial score (nSPS) is 14.9. The van der Waals surface area contributed by atoms with Gasteiger partial charge in [0, 0.05) is 19.2 Å². The lowest BCUT2D eigenvalue weighted by atomic mass is 9.80. The van der Waals surface area contributed by atoms with Crippen molar-refractivity contribution < 1.29 is 37.1 Å². The highest BCUT2D eigenvalue weighted by atomic mass is 19.4. The number of esters is 2. The molecule has 4 rings (SSSR count). The smallest absolute Gasteiger partial charge is 0.386 e. The van der Waals surface area contributed by atoms with Crippen molar-refractivity contribution in [1.29, 1.82) is 0 Å². The molecule has 1 atom stereocenters.